The van der Waals surface area contributed by atoms with Crippen molar-refractivity contribution in [2.45, 2.75) is 20.8 Å². The Morgan fingerprint density at radius 2 is 1.86 bits per heavy atom. The van der Waals surface area contributed by atoms with Crippen molar-refractivity contribution in [1.82, 2.24) is 14.5 Å². The molecule has 0 aliphatic heterocycles. The Morgan fingerprint density at radius 1 is 1.11 bits per heavy atom. The quantitative estimate of drug-likeness (QED) is 0.485. The van der Waals surface area contributed by atoms with Crippen LogP contribution in [0.2, 0.25) is 0 Å². The van der Waals surface area contributed by atoms with Crippen LogP contribution >= 0.6 is 0 Å². The molecule has 2 aromatic heterocycles. The average molecular weight is 370 g/mol. The summed E-state index contributed by atoms with van der Waals surface area (Å²) in [6, 6.07) is 16.9. The molecule has 28 heavy (non-hydrogen) atoms. The Labute approximate surface area is 162 Å². The predicted molar refractivity (Wildman–Crippen MR) is 110 cm³/mol. The van der Waals surface area contributed by atoms with E-state index in [0.29, 0.717) is 22.4 Å². The average Bonchev–Trinajstić information content (AvgIpc) is 3.20. The van der Waals surface area contributed by atoms with E-state index in [1.54, 1.807) is 6.07 Å². The van der Waals surface area contributed by atoms with E-state index < -0.39 is 0 Å². The van der Waals surface area contributed by atoms with Gasteiger partial charge in [0.2, 0.25) is 0 Å². The van der Waals surface area contributed by atoms with Gasteiger partial charge in [-0.3, -0.25) is 0 Å². The molecule has 0 bridgehead atoms. The number of halogens is 1. The number of fused-ring (bicyclic) bond motifs is 1. The number of aryl methyl sites for hydroxylation is 2. The Bertz CT molecular complexity index is 1250. The summed E-state index contributed by atoms with van der Waals surface area (Å²) in [6.07, 6.45) is 1.82. The van der Waals surface area contributed by atoms with Gasteiger partial charge in [-0.1, -0.05) is 17.7 Å². The standard InChI is InChI=1S/C23H19FN4/c1-14-4-7-20(8-5-14)28-15(2)10-17(16(28)3)11-18(13-25)23-26-21-9-6-19(24)12-22(21)27-23/h4-12H,1-3H3,(H,26,27)/b18-11+. The minimum atomic E-state index is -0.341. The van der Waals surface area contributed by atoms with Crippen molar-refractivity contribution >= 4 is 22.7 Å². The molecule has 0 aliphatic rings. The molecule has 0 atom stereocenters. The van der Waals surface area contributed by atoms with Gasteiger partial charge in [0.15, 0.2) is 0 Å². The van der Waals surface area contributed by atoms with E-state index in [9.17, 15) is 9.65 Å². The van der Waals surface area contributed by atoms with Crippen LogP contribution in [0.15, 0.2) is 48.5 Å². The number of nitriles is 1. The highest BCUT2D eigenvalue weighted by Crippen LogP contribution is 2.26. The van der Waals surface area contributed by atoms with Crippen LogP contribution in [0.5, 0.6) is 0 Å². The zero-order valence-corrected chi connectivity index (χ0v) is 15.9. The second kappa shape index (κ2) is 6.82. The van der Waals surface area contributed by atoms with Crippen LogP contribution in [0.25, 0.3) is 28.4 Å². The summed E-state index contributed by atoms with van der Waals surface area (Å²) >= 11 is 0. The molecule has 2 aromatic carbocycles. The second-order valence-electron chi connectivity index (χ2n) is 6.91. The van der Waals surface area contributed by atoms with Gasteiger partial charge < -0.3 is 9.55 Å². The molecule has 1 N–H and O–H groups in total. The molecule has 4 aromatic rings. The molecule has 2 heterocycles. The summed E-state index contributed by atoms with van der Waals surface area (Å²) in [7, 11) is 0. The van der Waals surface area contributed by atoms with Gasteiger partial charge in [-0.05, 0) is 68.8 Å². The van der Waals surface area contributed by atoms with Crippen LogP contribution < -0.4 is 0 Å². The SMILES string of the molecule is Cc1ccc(-n2c(C)cc(/C=C(\C#N)c3nc4ccc(F)cc4[nH]3)c2C)cc1. The first kappa shape index (κ1) is 17.7. The Morgan fingerprint density at radius 3 is 2.57 bits per heavy atom. The summed E-state index contributed by atoms with van der Waals surface area (Å²) in [5.74, 6) is 0.0927. The van der Waals surface area contributed by atoms with E-state index in [1.807, 2.05) is 19.9 Å². The van der Waals surface area contributed by atoms with Crippen LogP contribution in [-0.4, -0.2) is 14.5 Å². The number of imidazole rings is 1. The van der Waals surface area contributed by atoms with Crippen molar-refractivity contribution in [3.8, 4) is 11.8 Å². The smallest absolute Gasteiger partial charge is 0.149 e. The molecule has 0 radical (unpaired) electrons. The highest BCUT2D eigenvalue weighted by molar-refractivity contribution is 5.90. The maximum atomic E-state index is 13.4. The molecule has 4 nitrogen and oxygen atoms in total. The highest BCUT2D eigenvalue weighted by Gasteiger charge is 2.13. The van der Waals surface area contributed by atoms with Crippen molar-refractivity contribution in [2.24, 2.45) is 0 Å². The topological polar surface area (TPSA) is 57.4 Å². The number of nitrogens with zero attached hydrogens (tertiary/aromatic N) is 3. The van der Waals surface area contributed by atoms with Gasteiger partial charge in [-0.15, -0.1) is 0 Å². The number of aromatic nitrogens is 3. The number of nitrogens with one attached hydrogen (secondary N) is 1. The zero-order valence-electron chi connectivity index (χ0n) is 15.9. The lowest BCUT2D eigenvalue weighted by atomic mass is 10.1. The van der Waals surface area contributed by atoms with Gasteiger partial charge in [0.1, 0.15) is 17.7 Å². The highest BCUT2D eigenvalue weighted by atomic mass is 19.1. The van der Waals surface area contributed by atoms with E-state index in [2.05, 4.69) is 57.9 Å². The van der Waals surface area contributed by atoms with E-state index in [1.165, 1.54) is 17.7 Å². The molecule has 0 fully saturated rings. The normalized spacial score (nSPS) is 11.8. The molecule has 0 spiro atoms. The molecule has 4 rings (SSSR count). The minimum absolute atomic E-state index is 0.341. The van der Waals surface area contributed by atoms with Gasteiger partial charge in [0.05, 0.1) is 16.6 Å². The lowest BCUT2D eigenvalue weighted by Gasteiger charge is -2.10. The number of allylic oxidation sites excluding steroid dienone is 1. The van der Waals surface area contributed by atoms with Gasteiger partial charge in [-0.25, -0.2) is 9.37 Å². The summed E-state index contributed by atoms with van der Waals surface area (Å²) in [5, 5.41) is 9.68. The molecule has 0 unspecified atom stereocenters. The maximum absolute atomic E-state index is 13.4. The Balaban J connectivity index is 1.79. The fourth-order valence-electron chi connectivity index (χ4n) is 3.44. The molecule has 0 aliphatic carbocycles. The van der Waals surface area contributed by atoms with E-state index in [4.69, 9.17) is 0 Å². The van der Waals surface area contributed by atoms with E-state index in [-0.39, 0.29) is 5.82 Å². The van der Waals surface area contributed by atoms with Gasteiger partial charge in [0, 0.05) is 17.1 Å². The largest absolute Gasteiger partial charge is 0.337 e. The van der Waals surface area contributed by atoms with Crippen molar-refractivity contribution in [2.75, 3.05) is 0 Å². The third kappa shape index (κ3) is 3.10. The minimum Gasteiger partial charge on any atom is -0.337 e. The first-order valence-corrected chi connectivity index (χ1v) is 8.99. The van der Waals surface area contributed by atoms with Crippen molar-refractivity contribution < 1.29 is 4.39 Å². The summed E-state index contributed by atoms with van der Waals surface area (Å²) < 4.78 is 15.6. The number of rotatable bonds is 3. The second-order valence-corrected chi connectivity index (χ2v) is 6.91. The summed E-state index contributed by atoms with van der Waals surface area (Å²) in [6.45, 7) is 6.13. The lowest BCUT2D eigenvalue weighted by Crippen LogP contribution is -1.99. The predicted octanol–water partition coefficient (Wildman–Crippen LogP) is 5.48. The first-order valence-electron chi connectivity index (χ1n) is 8.99. The maximum Gasteiger partial charge on any atom is 0.149 e. The van der Waals surface area contributed by atoms with E-state index >= 15 is 0 Å². The number of H-pyrrole nitrogens is 1. The number of aromatic amines is 1. The molecule has 0 saturated carbocycles. The fourth-order valence-corrected chi connectivity index (χ4v) is 3.44. The van der Waals surface area contributed by atoms with Gasteiger partial charge in [-0.2, -0.15) is 5.26 Å². The first-order chi connectivity index (χ1) is 13.5. The zero-order chi connectivity index (χ0) is 19.8. The Hall–Kier alpha value is -3.65. The summed E-state index contributed by atoms with van der Waals surface area (Å²) in [4.78, 5) is 7.47. The van der Waals surface area contributed by atoms with Crippen molar-refractivity contribution in [3.05, 3.63) is 82.7 Å². The van der Waals surface area contributed by atoms with Gasteiger partial charge in [0.25, 0.3) is 0 Å². The number of hydrogen-bond acceptors (Lipinski definition) is 2. The van der Waals surface area contributed by atoms with Crippen molar-refractivity contribution in [3.63, 3.8) is 0 Å². The van der Waals surface area contributed by atoms with Crippen LogP contribution in [0.3, 0.4) is 0 Å². The van der Waals surface area contributed by atoms with Crippen molar-refractivity contribution in [1.29, 1.82) is 5.26 Å². The van der Waals surface area contributed by atoms with Gasteiger partial charge >= 0.3 is 0 Å². The van der Waals surface area contributed by atoms with E-state index in [0.717, 1.165) is 22.6 Å². The number of hydrogen-bond donors (Lipinski definition) is 1. The fraction of sp³-hybridized carbons (Fsp3) is 0.130. The summed E-state index contributed by atoms with van der Waals surface area (Å²) in [5.41, 5.74) is 6.95. The lowest BCUT2D eigenvalue weighted by molar-refractivity contribution is 0.629. The number of benzene rings is 2. The molecular formula is C23H19FN4. The third-order valence-corrected chi connectivity index (χ3v) is 4.88. The van der Waals surface area contributed by atoms with Crippen LogP contribution in [-0.2, 0) is 0 Å². The monoisotopic (exact) mass is 370 g/mol. The molecular weight excluding hydrogens is 351 g/mol. The third-order valence-electron chi connectivity index (χ3n) is 4.88. The Kier molecular flexibility index (Phi) is 4.32. The van der Waals surface area contributed by atoms with Crippen LogP contribution in [0.4, 0.5) is 4.39 Å². The van der Waals surface area contributed by atoms with Crippen LogP contribution in [0.1, 0.15) is 28.3 Å². The van der Waals surface area contributed by atoms with Crippen LogP contribution in [0, 0.1) is 37.9 Å². The molecule has 5 heteroatoms. The molecule has 0 saturated heterocycles. The molecule has 0 amide bonds. The molecule has 138 valence electrons.